The van der Waals surface area contributed by atoms with E-state index >= 15 is 0 Å². The molecule has 0 aliphatic rings. The van der Waals surface area contributed by atoms with E-state index in [-0.39, 0.29) is 5.96 Å². The first-order valence-corrected chi connectivity index (χ1v) is 10.1. The summed E-state index contributed by atoms with van der Waals surface area (Å²) in [7, 11) is 0. The summed E-state index contributed by atoms with van der Waals surface area (Å²) in [6, 6.07) is 21.3. The number of nitrogens with zero attached hydrogens (tertiary/aromatic N) is 3. The van der Waals surface area contributed by atoms with Crippen LogP contribution in [0.3, 0.4) is 0 Å². The van der Waals surface area contributed by atoms with Crippen molar-refractivity contribution in [2.75, 3.05) is 11.6 Å². The Hall–Kier alpha value is -3.30. The fourth-order valence-electron chi connectivity index (χ4n) is 2.51. The highest BCUT2D eigenvalue weighted by molar-refractivity contribution is 7.97. The maximum absolute atomic E-state index is 6.06. The smallest absolute Gasteiger partial charge is 0.340 e. The van der Waals surface area contributed by atoms with Gasteiger partial charge in [-0.2, -0.15) is 4.99 Å². The van der Waals surface area contributed by atoms with Crippen molar-refractivity contribution in [2.24, 2.45) is 16.5 Å². The normalized spacial score (nSPS) is 12.2. The van der Waals surface area contributed by atoms with Gasteiger partial charge < -0.3 is 11.1 Å². The Labute approximate surface area is 167 Å². The average Bonchev–Trinajstić information content (AvgIpc) is 3.04. The summed E-state index contributed by atoms with van der Waals surface area (Å²) < 4.78 is 1.89. The van der Waals surface area contributed by atoms with Gasteiger partial charge in [-0.05, 0) is 30.5 Å². The highest BCUT2D eigenvalue weighted by Gasteiger charge is 2.14. The minimum Gasteiger partial charge on any atom is -0.340 e. The predicted octanol–water partition coefficient (Wildman–Crippen LogP) is 0.184. The number of thioether (sulfide) groups is 1. The Morgan fingerprint density at radius 3 is 2.50 bits per heavy atom. The van der Waals surface area contributed by atoms with Crippen LogP contribution in [0.2, 0.25) is 0 Å². The standard InChI is InChI=1S/C19H22N8S/c1-28-13-27-17(22-14-8-4-2-5-9-14)12-16(26-27)24-19(21)25-18(20)23-15-10-6-3-7-11-15/h2-12,22H,13H2,1H3,(H5,20,21,23,24,25,26)/p+2. The molecule has 0 saturated heterocycles. The molecule has 1 heterocycles. The van der Waals surface area contributed by atoms with Crippen LogP contribution in [0.4, 0.5) is 23.0 Å². The number of para-hydroxylation sites is 2. The van der Waals surface area contributed by atoms with Gasteiger partial charge in [-0.15, -0.1) is 21.9 Å². The van der Waals surface area contributed by atoms with Gasteiger partial charge in [0.15, 0.2) is 0 Å². The topological polar surface area (TPSA) is 125 Å². The monoisotopic (exact) mass is 396 g/mol. The lowest BCUT2D eigenvalue weighted by Gasteiger charge is -2.07. The zero-order chi connectivity index (χ0) is 19.8. The molecule has 1 aromatic heterocycles. The summed E-state index contributed by atoms with van der Waals surface area (Å²) in [6.45, 7) is 0. The zero-order valence-corrected chi connectivity index (χ0v) is 16.4. The number of aromatic nitrogens is 2. The second kappa shape index (κ2) is 9.58. The van der Waals surface area contributed by atoms with Gasteiger partial charge in [0.2, 0.25) is 0 Å². The van der Waals surface area contributed by atoms with Crippen LogP contribution >= 0.6 is 11.8 Å². The van der Waals surface area contributed by atoms with Gasteiger partial charge in [-0.25, -0.2) is 10.00 Å². The predicted molar refractivity (Wildman–Crippen MR) is 115 cm³/mol. The molecule has 3 aromatic rings. The highest BCUT2D eigenvalue weighted by Crippen LogP contribution is 2.19. The molecule has 8 nitrogen and oxygen atoms in total. The molecule has 0 fully saturated rings. The van der Waals surface area contributed by atoms with Crippen molar-refractivity contribution in [3.63, 3.8) is 0 Å². The van der Waals surface area contributed by atoms with E-state index in [2.05, 4.69) is 20.4 Å². The Morgan fingerprint density at radius 2 is 1.82 bits per heavy atom. The number of benzene rings is 2. The largest absolute Gasteiger partial charge is 0.369 e. The number of nitrogens with two attached hydrogens (primary N) is 3. The van der Waals surface area contributed by atoms with Crippen molar-refractivity contribution in [1.82, 2.24) is 9.78 Å². The van der Waals surface area contributed by atoms with Crippen molar-refractivity contribution >= 4 is 46.7 Å². The first-order valence-electron chi connectivity index (χ1n) is 8.66. The van der Waals surface area contributed by atoms with Gasteiger partial charge >= 0.3 is 11.9 Å². The van der Waals surface area contributed by atoms with E-state index in [1.54, 1.807) is 17.1 Å². The molecule has 0 aliphatic carbocycles. The van der Waals surface area contributed by atoms with Crippen LogP contribution in [-0.4, -0.2) is 28.0 Å². The average molecular weight is 397 g/mol. The molecule has 0 unspecified atom stereocenters. The van der Waals surface area contributed by atoms with E-state index in [4.69, 9.17) is 11.5 Å². The van der Waals surface area contributed by atoms with Gasteiger partial charge in [0.05, 0.1) is 11.9 Å². The third kappa shape index (κ3) is 5.60. The lowest BCUT2D eigenvalue weighted by Crippen LogP contribution is -3.01. The van der Waals surface area contributed by atoms with Crippen LogP contribution < -0.4 is 27.1 Å². The number of nitrogens with one attached hydrogen (secondary N) is 2. The number of guanidine groups is 2. The van der Waals surface area contributed by atoms with Crippen LogP contribution in [0.5, 0.6) is 0 Å². The molecule has 144 valence electrons. The quantitative estimate of drug-likeness (QED) is 0.300. The number of quaternary nitrogens is 1. The molecule has 0 amide bonds. The van der Waals surface area contributed by atoms with Crippen LogP contribution in [-0.2, 0) is 5.88 Å². The summed E-state index contributed by atoms with van der Waals surface area (Å²) in [5.74, 6) is 2.88. The third-order valence-electron chi connectivity index (χ3n) is 3.68. The molecule has 8 N–H and O–H groups in total. The molecule has 0 spiro atoms. The van der Waals surface area contributed by atoms with Crippen molar-refractivity contribution in [1.29, 1.82) is 0 Å². The maximum atomic E-state index is 6.06. The van der Waals surface area contributed by atoms with Crippen molar-refractivity contribution < 1.29 is 10.3 Å². The van der Waals surface area contributed by atoms with E-state index < -0.39 is 0 Å². The first kappa shape index (κ1) is 19.5. The van der Waals surface area contributed by atoms with Gasteiger partial charge in [-0.3, -0.25) is 5.73 Å². The van der Waals surface area contributed by atoms with E-state index in [1.165, 1.54) is 0 Å². The van der Waals surface area contributed by atoms with Crippen LogP contribution in [0.25, 0.3) is 0 Å². The number of aliphatic imine (C=N–C) groups is 1. The van der Waals surface area contributed by atoms with E-state index in [0.717, 1.165) is 17.2 Å². The molecule has 0 saturated carbocycles. The number of hydrogen-bond donors (Lipinski definition) is 5. The minimum absolute atomic E-state index is 0.214. The molecule has 9 heteroatoms. The van der Waals surface area contributed by atoms with E-state index in [1.807, 2.05) is 77.7 Å². The fraction of sp³-hybridized carbons (Fsp3) is 0.105. The second-order valence-electron chi connectivity index (χ2n) is 5.92. The molecule has 28 heavy (non-hydrogen) atoms. The third-order valence-corrected chi connectivity index (χ3v) is 4.18. The second-order valence-corrected chi connectivity index (χ2v) is 6.76. The van der Waals surface area contributed by atoms with Crippen LogP contribution in [0.15, 0.2) is 71.7 Å². The molecule has 3 rings (SSSR count). The van der Waals surface area contributed by atoms with Crippen molar-refractivity contribution in [3.8, 4) is 0 Å². The summed E-state index contributed by atoms with van der Waals surface area (Å²) >= 11 is 1.68. The summed E-state index contributed by atoms with van der Waals surface area (Å²) in [4.78, 5) is 7.15. The lowest BCUT2D eigenvalue weighted by molar-refractivity contribution is -0.518. The Kier molecular flexibility index (Phi) is 6.66. The SMILES string of the molecule is CSCn1nc([NH2+]C(N)=[NH+]C(N)=Nc2ccccc2)cc1Nc1ccccc1. The molecule has 0 bridgehead atoms. The fourth-order valence-corrected chi connectivity index (χ4v) is 2.95. The Morgan fingerprint density at radius 1 is 1.14 bits per heavy atom. The summed E-state index contributed by atoms with van der Waals surface area (Å²) in [6.07, 6.45) is 2.03. The van der Waals surface area contributed by atoms with Crippen molar-refractivity contribution in [3.05, 3.63) is 66.7 Å². The molecule has 0 atom stereocenters. The van der Waals surface area contributed by atoms with Gasteiger partial charge in [0.1, 0.15) is 11.5 Å². The van der Waals surface area contributed by atoms with Crippen LogP contribution in [0.1, 0.15) is 0 Å². The molecule has 0 radical (unpaired) electrons. The molecule has 2 aromatic carbocycles. The van der Waals surface area contributed by atoms with Gasteiger partial charge in [0.25, 0.3) is 5.82 Å². The highest BCUT2D eigenvalue weighted by atomic mass is 32.2. The van der Waals surface area contributed by atoms with Gasteiger partial charge in [-0.1, -0.05) is 36.4 Å². The van der Waals surface area contributed by atoms with Gasteiger partial charge in [0, 0.05) is 5.69 Å². The van der Waals surface area contributed by atoms with E-state index in [9.17, 15) is 0 Å². The zero-order valence-electron chi connectivity index (χ0n) is 15.5. The summed E-state index contributed by atoms with van der Waals surface area (Å²) in [5, 5.41) is 9.68. The first-order chi connectivity index (χ1) is 13.6. The number of rotatable bonds is 6. The minimum atomic E-state index is 0.214. The molecular weight excluding hydrogens is 372 g/mol. The number of hydrogen-bond acceptors (Lipinski definition) is 4. The molecule has 0 aliphatic heterocycles. The Balaban J connectivity index is 1.74. The lowest BCUT2D eigenvalue weighted by atomic mass is 10.3. The van der Waals surface area contributed by atoms with Crippen LogP contribution in [0, 0.1) is 0 Å². The maximum Gasteiger partial charge on any atom is 0.369 e. The van der Waals surface area contributed by atoms with Crippen molar-refractivity contribution in [2.45, 2.75) is 5.88 Å². The van der Waals surface area contributed by atoms with E-state index in [0.29, 0.717) is 17.7 Å². The summed E-state index contributed by atoms with van der Waals surface area (Å²) in [5.41, 5.74) is 13.7. The Bertz CT molecular complexity index is 951. The number of anilines is 2. The molecular formula is C19H24N8S+2.